The van der Waals surface area contributed by atoms with Crippen molar-refractivity contribution in [1.29, 1.82) is 0 Å². The van der Waals surface area contributed by atoms with Gasteiger partial charge in [0.2, 0.25) is 0 Å². The minimum atomic E-state index is -0.758. The molecule has 2 heteroatoms. The smallest absolute Gasteiger partial charge is 0.310 e. The number of unbranched alkanes of at least 4 members (excludes halogenated alkanes) is 4. The van der Waals surface area contributed by atoms with Gasteiger partial charge in [0.15, 0.2) is 0 Å². The molecule has 14 heavy (non-hydrogen) atoms. The maximum atomic E-state index is 10.6. The predicted octanol–water partition coefficient (Wildman–Crippen LogP) is 3.40. The molecule has 2 nitrogen and oxygen atoms in total. The van der Waals surface area contributed by atoms with E-state index in [9.17, 15) is 4.79 Å². The number of aliphatic carboxylic acids is 1. The summed E-state index contributed by atoms with van der Waals surface area (Å²) >= 11 is 0. The topological polar surface area (TPSA) is 37.3 Å². The van der Waals surface area contributed by atoms with E-state index in [0.29, 0.717) is 6.42 Å². The van der Waals surface area contributed by atoms with Gasteiger partial charge in [-0.2, -0.15) is 0 Å². The molecule has 0 aliphatic rings. The van der Waals surface area contributed by atoms with E-state index in [1.165, 1.54) is 6.08 Å². The van der Waals surface area contributed by atoms with Crippen LogP contribution in [0, 0.1) is 5.92 Å². The first-order valence-corrected chi connectivity index (χ1v) is 5.18. The molecular formula is C12H20O2. The van der Waals surface area contributed by atoms with Crippen LogP contribution in [-0.2, 0) is 4.79 Å². The Morgan fingerprint density at radius 2 is 1.86 bits per heavy atom. The lowest BCUT2D eigenvalue weighted by molar-refractivity contribution is -0.140. The van der Waals surface area contributed by atoms with Crippen LogP contribution in [-0.4, -0.2) is 11.1 Å². The van der Waals surface area contributed by atoms with Crippen LogP contribution in [0.25, 0.3) is 0 Å². The summed E-state index contributed by atoms with van der Waals surface area (Å²) < 4.78 is 0. The lowest BCUT2D eigenvalue weighted by Gasteiger charge is -2.05. The van der Waals surface area contributed by atoms with E-state index in [1.54, 1.807) is 0 Å². The van der Waals surface area contributed by atoms with Gasteiger partial charge in [-0.25, -0.2) is 0 Å². The van der Waals surface area contributed by atoms with E-state index >= 15 is 0 Å². The minimum Gasteiger partial charge on any atom is -0.481 e. The number of allylic oxidation sites excluding steroid dienone is 1. The third kappa shape index (κ3) is 6.46. The maximum absolute atomic E-state index is 10.6. The van der Waals surface area contributed by atoms with E-state index in [2.05, 4.69) is 13.2 Å². The van der Waals surface area contributed by atoms with E-state index in [1.807, 2.05) is 6.08 Å². The third-order valence-electron chi connectivity index (χ3n) is 2.28. The Labute approximate surface area is 86.3 Å². The van der Waals surface area contributed by atoms with Gasteiger partial charge in [0.05, 0.1) is 5.92 Å². The van der Waals surface area contributed by atoms with Crippen LogP contribution < -0.4 is 0 Å². The molecule has 0 amide bonds. The molecule has 0 aliphatic heterocycles. The average molecular weight is 196 g/mol. The molecule has 0 fully saturated rings. The Balaban J connectivity index is 3.38. The van der Waals surface area contributed by atoms with Crippen LogP contribution in [0.1, 0.15) is 38.5 Å². The molecule has 0 rings (SSSR count). The van der Waals surface area contributed by atoms with Crippen LogP contribution in [0.4, 0.5) is 0 Å². The molecule has 80 valence electrons. The first-order valence-electron chi connectivity index (χ1n) is 5.18. The van der Waals surface area contributed by atoms with Crippen molar-refractivity contribution in [1.82, 2.24) is 0 Å². The van der Waals surface area contributed by atoms with E-state index in [4.69, 9.17) is 5.11 Å². The molecule has 1 atom stereocenters. The number of carboxylic acids is 1. The summed E-state index contributed by atoms with van der Waals surface area (Å²) in [5.41, 5.74) is 0. The fraction of sp³-hybridized carbons (Fsp3) is 0.583. The first kappa shape index (κ1) is 12.9. The van der Waals surface area contributed by atoms with Crippen LogP contribution in [0.15, 0.2) is 25.3 Å². The minimum absolute atomic E-state index is 0.366. The number of carboxylic acid groups (broad SMARTS) is 1. The molecule has 0 aromatic rings. The second kappa shape index (κ2) is 8.54. The van der Waals surface area contributed by atoms with Crippen molar-refractivity contribution in [3.8, 4) is 0 Å². The highest BCUT2D eigenvalue weighted by Gasteiger charge is 2.11. The number of hydrogen-bond donors (Lipinski definition) is 1. The lowest BCUT2D eigenvalue weighted by Crippen LogP contribution is -2.10. The molecule has 0 aromatic carbocycles. The lowest BCUT2D eigenvalue weighted by atomic mass is 10.0. The average Bonchev–Trinajstić information content (AvgIpc) is 2.16. The van der Waals surface area contributed by atoms with Gasteiger partial charge in [0.25, 0.3) is 0 Å². The third-order valence-corrected chi connectivity index (χ3v) is 2.28. The molecule has 0 spiro atoms. The summed E-state index contributed by atoms with van der Waals surface area (Å²) in [5, 5.41) is 8.73. The SMILES string of the molecule is C=CCCCCCCC(C=C)C(=O)O. The first-order chi connectivity index (χ1) is 6.72. The molecular weight excluding hydrogens is 176 g/mol. The Hall–Kier alpha value is -1.05. The molecule has 0 saturated carbocycles. The quantitative estimate of drug-likeness (QED) is 0.453. The van der Waals surface area contributed by atoms with Crippen LogP contribution in [0.2, 0.25) is 0 Å². The highest BCUT2D eigenvalue weighted by Crippen LogP contribution is 2.12. The highest BCUT2D eigenvalue weighted by atomic mass is 16.4. The molecule has 1 unspecified atom stereocenters. The number of rotatable bonds is 9. The zero-order chi connectivity index (χ0) is 10.8. The largest absolute Gasteiger partial charge is 0.481 e. The van der Waals surface area contributed by atoms with Gasteiger partial charge in [0, 0.05) is 0 Å². The summed E-state index contributed by atoms with van der Waals surface area (Å²) in [4.78, 5) is 10.6. The summed E-state index contributed by atoms with van der Waals surface area (Å²) in [6.07, 6.45) is 9.61. The van der Waals surface area contributed by atoms with Crippen molar-refractivity contribution >= 4 is 5.97 Å². The molecule has 0 radical (unpaired) electrons. The van der Waals surface area contributed by atoms with Crippen LogP contribution in [0.5, 0.6) is 0 Å². The second-order valence-corrected chi connectivity index (χ2v) is 3.46. The Morgan fingerprint density at radius 1 is 1.21 bits per heavy atom. The summed E-state index contributed by atoms with van der Waals surface area (Å²) in [5.74, 6) is -1.12. The molecule has 1 N–H and O–H groups in total. The molecule has 0 aromatic heterocycles. The van der Waals surface area contributed by atoms with Crippen molar-refractivity contribution < 1.29 is 9.90 Å². The Bertz CT molecular complexity index is 185. The summed E-state index contributed by atoms with van der Waals surface area (Å²) in [7, 11) is 0. The van der Waals surface area contributed by atoms with Gasteiger partial charge < -0.3 is 5.11 Å². The maximum Gasteiger partial charge on any atom is 0.310 e. The van der Waals surface area contributed by atoms with Crippen molar-refractivity contribution in [2.45, 2.75) is 38.5 Å². The standard InChI is InChI=1S/C12H20O2/c1-3-5-6-7-8-9-10-11(4-2)12(13)14/h3-4,11H,1-2,5-10H2,(H,13,14). The van der Waals surface area contributed by atoms with Crippen molar-refractivity contribution in [3.63, 3.8) is 0 Å². The zero-order valence-corrected chi connectivity index (χ0v) is 8.74. The van der Waals surface area contributed by atoms with Gasteiger partial charge >= 0.3 is 5.97 Å². The monoisotopic (exact) mass is 196 g/mol. The predicted molar refractivity (Wildman–Crippen MR) is 59.2 cm³/mol. The van der Waals surface area contributed by atoms with Gasteiger partial charge in [-0.15, -0.1) is 13.2 Å². The van der Waals surface area contributed by atoms with Gasteiger partial charge in [-0.1, -0.05) is 31.4 Å². The zero-order valence-electron chi connectivity index (χ0n) is 8.74. The van der Waals surface area contributed by atoms with Gasteiger partial charge in [-0.3, -0.25) is 4.79 Å². The Morgan fingerprint density at radius 3 is 2.36 bits per heavy atom. The molecule has 0 aliphatic carbocycles. The van der Waals surface area contributed by atoms with E-state index in [0.717, 1.165) is 32.1 Å². The van der Waals surface area contributed by atoms with Crippen molar-refractivity contribution in [3.05, 3.63) is 25.3 Å². The normalized spacial score (nSPS) is 12.0. The number of hydrogen-bond acceptors (Lipinski definition) is 1. The molecule has 0 bridgehead atoms. The van der Waals surface area contributed by atoms with Crippen molar-refractivity contribution in [2.24, 2.45) is 5.92 Å². The van der Waals surface area contributed by atoms with E-state index < -0.39 is 5.97 Å². The van der Waals surface area contributed by atoms with Crippen LogP contribution in [0.3, 0.4) is 0 Å². The van der Waals surface area contributed by atoms with Crippen molar-refractivity contribution in [2.75, 3.05) is 0 Å². The summed E-state index contributed by atoms with van der Waals surface area (Å²) in [6.45, 7) is 7.17. The second-order valence-electron chi connectivity index (χ2n) is 3.46. The fourth-order valence-electron chi connectivity index (χ4n) is 1.35. The molecule has 0 heterocycles. The van der Waals surface area contributed by atoms with Crippen LogP contribution >= 0.6 is 0 Å². The Kier molecular flexibility index (Phi) is 7.90. The van der Waals surface area contributed by atoms with Gasteiger partial charge in [0.1, 0.15) is 0 Å². The fourth-order valence-corrected chi connectivity index (χ4v) is 1.35. The van der Waals surface area contributed by atoms with E-state index in [-0.39, 0.29) is 5.92 Å². The number of carbonyl (C=O) groups is 1. The highest BCUT2D eigenvalue weighted by molar-refractivity contribution is 5.71. The van der Waals surface area contributed by atoms with Gasteiger partial charge in [-0.05, 0) is 19.3 Å². The molecule has 0 saturated heterocycles. The summed E-state index contributed by atoms with van der Waals surface area (Å²) in [6, 6.07) is 0.